The Kier molecular flexibility index (Phi) is 6.09. The van der Waals surface area contributed by atoms with Crippen molar-refractivity contribution in [3.63, 3.8) is 0 Å². The molecule has 3 N–H and O–H groups in total. The van der Waals surface area contributed by atoms with Crippen LogP contribution in [0.3, 0.4) is 0 Å². The van der Waals surface area contributed by atoms with Crippen molar-refractivity contribution in [1.29, 1.82) is 0 Å². The highest BCUT2D eigenvalue weighted by Gasteiger charge is 2.08. The Balaban J connectivity index is 2.79. The van der Waals surface area contributed by atoms with E-state index < -0.39 is 0 Å². The average molecular weight is 289 g/mol. The van der Waals surface area contributed by atoms with Crippen LogP contribution in [-0.4, -0.2) is 23.0 Å². The van der Waals surface area contributed by atoms with Gasteiger partial charge in [-0.2, -0.15) is 11.8 Å². The third kappa shape index (κ3) is 4.37. The van der Waals surface area contributed by atoms with Crippen LogP contribution in [0.25, 0.3) is 0 Å². The second kappa shape index (κ2) is 7.09. The van der Waals surface area contributed by atoms with E-state index in [0.29, 0.717) is 16.1 Å². The summed E-state index contributed by atoms with van der Waals surface area (Å²) in [6.07, 6.45) is 3.18. The van der Waals surface area contributed by atoms with Gasteiger partial charge in [-0.25, -0.2) is 0 Å². The number of hydrogen-bond acceptors (Lipinski definition) is 3. The van der Waals surface area contributed by atoms with E-state index in [1.165, 1.54) is 0 Å². The summed E-state index contributed by atoms with van der Waals surface area (Å²) in [5, 5.41) is 4.05. The topological polar surface area (TPSA) is 38.0 Å². The molecule has 17 heavy (non-hydrogen) atoms. The van der Waals surface area contributed by atoms with Gasteiger partial charge in [-0.1, -0.05) is 30.7 Å². The van der Waals surface area contributed by atoms with Crippen LogP contribution in [-0.2, 0) is 0 Å². The third-order valence-corrected chi connectivity index (χ3v) is 3.73. The van der Waals surface area contributed by atoms with Crippen molar-refractivity contribution in [1.82, 2.24) is 0 Å². The molecule has 0 aliphatic rings. The average Bonchev–Trinajstić information content (AvgIpc) is 2.28. The molecule has 0 saturated carbocycles. The monoisotopic (exact) mass is 288 g/mol. The highest BCUT2D eigenvalue weighted by Crippen LogP contribution is 2.22. The van der Waals surface area contributed by atoms with Crippen molar-refractivity contribution in [2.45, 2.75) is 19.4 Å². The maximum Gasteiger partial charge on any atom is 0.105 e. The van der Waals surface area contributed by atoms with Gasteiger partial charge >= 0.3 is 0 Å². The lowest BCUT2D eigenvalue weighted by Crippen LogP contribution is -2.21. The van der Waals surface area contributed by atoms with Gasteiger partial charge in [-0.05, 0) is 30.9 Å². The quantitative estimate of drug-likeness (QED) is 0.786. The Morgan fingerprint density at radius 3 is 2.76 bits per heavy atom. The summed E-state index contributed by atoms with van der Waals surface area (Å²) in [6, 6.07) is 6.15. The second-order valence-corrected chi connectivity index (χ2v) is 5.52. The molecular formula is C12H17ClN2S2. The molecule has 1 aromatic carbocycles. The number of nitrogens with two attached hydrogens (primary N) is 1. The zero-order valence-corrected chi connectivity index (χ0v) is 12.4. The molecule has 0 fully saturated rings. The fourth-order valence-electron chi connectivity index (χ4n) is 1.50. The summed E-state index contributed by atoms with van der Waals surface area (Å²) in [5.41, 5.74) is 7.30. The first-order valence-electron chi connectivity index (χ1n) is 5.43. The first kappa shape index (κ1) is 14.6. The van der Waals surface area contributed by atoms with Crippen LogP contribution in [0.1, 0.15) is 18.9 Å². The Morgan fingerprint density at radius 1 is 1.59 bits per heavy atom. The van der Waals surface area contributed by atoms with E-state index in [9.17, 15) is 0 Å². The molecule has 1 unspecified atom stereocenters. The first-order chi connectivity index (χ1) is 8.08. The molecule has 1 rings (SSSR count). The number of rotatable bonds is 6. The molecule has 0 heterocycles. The van der Waals surface area contributed by atoms with Gasteiger partial charge in [-0.3, -0.25) is 0 Å². The Bertz CT molecular complexity index is 396. The number of anilines is 1. The molecule has 0 amide bonds. The maximum absolute atomic E-state index is 6.12. The van der Waals surface area contributed by atoms with E-state index in [4.69, 9.17) is 29.6 Å². The molecule has 1 aromatic rings. The zero-order valence-electron chi connectivity index (χ0n) is 10.00. The van der Waals surface area contributed by atoms with Gasteiger partial charge in [0.2, 0.25) is 0 Å². The van der Waals surface area contributed by atoms with Gasteiger partial charge in [0.1, 0.15) is 4.99 Å². The van der Waals surface area contributed by atoms with Crippen LogP contribution in [0.4, 0.5) is 5.69 Å². The lowest BCUT2D eigenvalue weighted by molar-refractivity contribution is 0.775. The van der Waals surface area contributed by atoms with E-state index in [2.05, 4.69) is 18.5 Å². The minimum absolute atomic E-state index is 0.331. The number of nitrogens with one attached hydrogen (secondary N) is 1. The molecule has 0 aliphatic carbocycles. The van der Waals surface area contributed by atoms with Crippen LogP contribution in [0.15, 0.2) is 18.2 Å². The molecule has 0 bridgehead atoms. The van der Waals surface area contributed by atoms with Crippen LogP contribution < -0.4 is 11.1 Å². The Morgan fingerprint density at radius 2 is 2.29 bits per heavy atom. The van der Waals surface area contributed by atoms with Crippen molar-refractivity contribution < 1.29 is 0 Å². The summed E-state index contributed by atoms with van der Waals surface area (Å²) in [5.74, 6) is 1.07. The van der Waals surface area contributed by atoms with Gasteiger partial charge < -0.3 is 11.1 Å². The molecule has 0 radical (unpaired) electrons. The minimum atomic E-state index is 0.331. The summed E-state index contributed by atoms with van der Waals surface area (Å²) in [4.78, 5) is 0.331. The van der Waals surface area contributed by atoms with Gasteiger partial charge in [-0.15, -0.1) is 0 Å². The number of hydrogen-bond donors (Lipinski definition) is 2. The first-order valence-corrected chi connectivity index (χ1v) is 7.61. The predicted octanol–water partition coefficient (Wildman–Crippen LogP) is 3.53. The van der Waals surface area contributed by atoms with Crippen molar-refractivity contribution in [2.24, 2.45) is 5.73 Å². The molecule has 0 aromatic heterocycles. The normalized spacial score (nSPS) is 12.2. The van der Waals surface area contributed by atoms with Crippen molar-refractivity contribution in [2.75, 3.05) is 17.3 Å². The molecule has 0 saturated heterocycles. The lowest BCUT2D eigenvalue weighted by atomic mass is 10.2. The highest BCUT2D eigenvalue weighted by molar-refractivity contribution is 7.98. The second-order valence-electron chi connectivity index (χ2n) is 3.76. The standard InChI is InChI=1S/C12H17ClN2S2/c1-3-8(7-17-2)15-9-4-5-10(12(14)16)11(13)6-9/h4-6,8,15H,3,7H2,1-2H3,(H2,14,16). The minimum Gasteiger partial charge on any atom is -0.389 e. The number of thiocarbonyl (C=S) groups is 1. The van der Waals surface area contributed by atoms with Gasteiger partial charge in [0.25, 0.3) is 0 Å². The van der Waals surface area contributed by atoms with Gasteiger partial charge in [0.15, 0.2) is 0 Å². The Labute approximate surface area is 117 Å². The zero-order chi connectivity index (χ0) is 12.8. The molecule has 1 atom stereocenters. The summed E-state index contributed by atoms with van der Waals surface area (Å²) >= 11 is 12.9. The molecule has 5 heteroatoms. The molecule has 94 valence electrons. The molecule has 0 spiro atoms. The van der Waals surface area contributed by atoms with Gasteiger partial charge in [0.05, 0.1) is 5.02 Å². The van der Waals surface area contributed by atoms with Crippen LogP contribution in [0.5, 0.6) is 0 Å². The summed E-state index contributed by atoms with van der Waals surface area (Å²) in [6.45, 7) is 2.17. The molecular weight excluding hydrogens is 272 g/mol. The fraction of sp³-hybridized carbons (Fsp3) is 0.417. The van der Waals surface area contributed by atoms with Gasteiger partial charge in [0, 0.05) is 23.0 Å². The van der Waals surface area contributed by atoms with E-state index in [-0.39, 0.29) is 0 Å². The molecule has 2 nitrogen and oxygen atoms in total. The number of halogens is 1. The SMILES string of the molecule is CCC(CSC)Nc1ccc(C(N)=S)c(Cl)c1. The van der Waals surface area contributed by atoms with Crippen LogP contribution in [0, 0.1) is 0 Å². The van der Waals surface area contributed by atoms with E-state index in [0.717, 1.165) is 23.4 Å². The summed E-state index contributed by atoms with van der Waals surface area (Å²) < 4.78 is 0. The summed E-state index contributed by atoms with van der Waals surface area (Å²) in [7, 11) is 0. The highest BCUT2D eigenvalue weighted by atomic mass is 35.5. The maximum atomic E-state index is 6.12. The fourth-order valence-corrected chi connectivity index (χ4v) is 2.74. The third-order valence-electron chi connectivity index (χ3n) is 2.47. The van der Waals surface area contributed by atoms with Crippen LogP contribution >= 0.6 is 35.6 Å². The lowest BCUT2D eigenvalue weighted by Gasteiger charge is -2.17. The van der Waals surface area contributed by atoms with Crippen LogP contribution in [0.2, 0.25) is 5.02 Å². The van der Waals surface area contributed by atoms with Crippen molar-refractivity contribution >= 4 is 46.3 Å². The van der Waals surface area contributed by atoms with Crippen molar-refractivity contribution in [3.05, 3.63) is 28.8 Å². The number of benzene rings is 1. The van der Waals surface area contributed by atoms with E-state index in [1.807, 2.05) is 30.0 Å². The number of thioether (sulfide) groups is 1. The predicted molar refractivity (Wildman–Crippen MR) is 83.4 cm³/mol. The smallest absolute Gasteiger partial charge is 0.105 e. The molecule has 0 aliphatic heterocycles. The largest absolute Gasteiger partial charge is 0.389 e. The Hall–Kier alpha value is -0.450. The van der Waals surface area contributed by atoms with E-state index >= 15 is 0 Å². The van der Waals surface area contributed by atoms with E-state index in [1.54, 1.807) is 0 Å². The van der Waals surface area contributed by atoms with Crippen molar-refractivity contribution in [3.8, 4) is 0 Å².